The molecule has 0 aliphatic carbocycles. The number of nitrogens with one attached hydrogen (secondary N) is 4. The first kappa shape index (κ1) is 19.5. The van der Waals surface area contributed by atoms with Crippen molar-refractivity contribution in [3.63, 3.8) is 0 Å². The summed E-state index contributed by atoms with van der Waals surface area (Å²) in [5.41, 5.74) is 9.79. The van der Waals surface area contributed by atoms with Crippen molar-refractivity contribution in [2.45, 2.75) is 25.2 Å². The van der Waals surface area contributed by atoms with E-state index in [2.05, 4.69) is 30.9 Å². The molecule has 31 heavy (non-hydrogen) atoms. The molecule has 160 valence electrons. The molecule has 0 saturated carbocycles. The molecular formula is C22H24FN7O. The van der Waals surface area contributed by atoms with Crippen LogP contribution in [-0.2, 0) is 5.41 Å². The number of piperidine rings is 1. The number of hydrogen-bond donors (Lipinski definition) is 5. The van der Waals surface area contributed by atoms with Crippen LogP contribution in [0.2, 0.25) is 0 Å². The van der Waals surface area contributed by atoms with E-state index in [0.717, 1.165) is 31.6 Å². The number of carbonyl (C=O) groups excluding carboxylic acids is 1. The van der Waals surface area contributed by atoms with E-state index in [-0.39, 0.29) is 23.1 Å². The summed E-state index contributed by atoms with van der Waals surface area (Å²) in [5, 5.41) is 9.82. The lowest BCUT2D eigenvalue weighted by molar-refractivity contribution is 0.0916. The van der Waals surface area contributed by atoms with Crippen LogP contribution in [-0.4, -0.2) is 40.5 Å². The Morgan fingerprint density at radius 1 is 1.26 bits per heavy atom. The SMILES string of the molecule is Cc1c(F)cccc1Nc1c(-c2ccnc(N)n2)[nH]c2c1C(=O)NCC21CCCNC1. The number of amides is 1. The molecule has 1 saturated heterocycles. The number of anilines is 3. The molecule has 2 aromatic heterocycles. The number of carbonyl (C=O) groups is 1. The minimum Gasteiger partial charge on any atom is -0.368 e. The van der Waals surface area contributed by atoms with Crippen molar-refractivity contribution in [2.24, 2.45) is 0 Å². The number of aromatic nitrogens is 3. The number of halogens is 1. The topological polar surface area (TPSA) is 121 Å². The van der Waals surface area contributed by atoms with Gasteiger partial charge < -0.3 is 26.7 Å². The van der Waals surface area contributed by atoms with Crippen LogP contribution in [0.5, 0.6) is 0 Å². The van der Waals surface area contributed by atoms with Gasteiger partial charge in [-0.2, -0.15) is 0 Å². The molecule has 2 aliphatic heterocycles. The molecule has 1 amide bonds. The summed E-state index contributed by atoms with van der Waals surface area (Å²) in [5.74, 6) is -0.358. The fourth-order valence-electron chi connectivity index (χ4n) is 4.59. The highest BCUT2D eigenvalue weighted by molar-refractivity contribution is 6.06. The Morgan fingerprint density at radius 3 is 2.90 bits per heavy atom. The minimum atomic E-state index is -0.320. The average molecular weight is 421 g/mol. The highest BCUT2D eigenvalue weighted by Gasteiger charge is 2.44. The van der Waals surface area contributed by atoms with Crippen LogP contribution in [0.4, 0.5) is 21.7 Å². The van der Waals surface area contributed by atoms with Gasteiger partial charge in [-0.3, -0.25) is 4.79 Å². The Kier molecular flexibility index (Phi) is 4.62. The van der Waals surface area contributed by atoms with Gasteiger partial charge in [-0.25, -0.2) is 14.4 Å². The van der Waals surface area contributed by atoms with Gasteiger partial charge in [0.25, 0.3) is 5.91 Å². The zero-order valence-corrected chi connectivity index (χ0v) is 17.2. The summed E-state index contributed by atoms with van der Waals surface area (Å²) in [6, 6.07) is 6.57. The maximum Gasteiger partial charge on any atom is 0.255 e. The summed E-state index contributed by atoms with van der Waals surface area (Å²) in [4.78, 5) is 24.9. The third kappa shape index (κ3) is 3.21. The lowest BCUT2D eigenvalue weighted by atomic mass is 9.74. The summed E-state index contributed by atoms with van der Waals surface area (Å²) in [7, 11) is 0. The maximum absolute atomic E-state index is 14.2. The van der Waals surface area contributed by atoms with E-state index < -0.39 is 0 Å². The van der Waals surface area contributed by atoms with Gasteiger partial charge in [-0.05, 0) is 44.5 Å². The smallest absolute Gasteiger partial charge is 0.255 e. The number of nitrogens with zero attached hydrogens (tertiary/aromatic N) is 2. The zero-order valence-electron chi connectivity index (χ0n) is 17.2. The number of nitrogen functional groups attached to an aromatic ring is 1. The third-order valence-corrected chi connectivity index (χ3v) is 6.27. The van der Waals surface area contributed by atoms with Crippen molar-refractivity contribution >= 4 is 23.2 Å². The molecule has 1 aromatic carbocycles. The summed E-state index contributed by atoms with van der Waals surface area (Å²) in [6.45, 7) is 3.96. The quantitative estimate of drug-likeness (QED) is 0.443. The maximum atomic E-state index is 14.2. The Balaban J connectivity index is 1.73. The molecule has 1 atom stereocenters. The molecule has 0 radical (unpaired) electrons. The van der Waals surface area contributed by atoms with Gasteiger partial charge in [0.15, 0.2) is 0 Å². The van der Waals surface area contributed by atoms with Crippen LogP contribution >= 0.6 is 0 Å². The first-order valence-corrected chi connectivity index (χ1v) is 10.3. The van der Waals surface area contributed by atoms with Crippen LogP contribution in [0.25, 0.3) is 11.4 Å². The number of aromatic amines is 1. The Bertz CT molecular complexity index is 1170. The number of nitrogens with two attached hydrogens (primary N) is 1. The molecule has 8 nitrogen and oxygen atoms in total. The standard InChI is InChI=1S/C22H24FN7O/c1-12-13(23)4-2-5-14(12)28-18-16-19(30-17(18)15-6-9-26-21(24)29-15)22(11-27-20(16)31)7-3-8-25-10-22/h2,4-6,9,25,28,30H,3,7-8,10-11H2,1H3,(H,27,31)(H2,24,26,29). The minimum absolute atomic E-state index is 0.136. The summed E-state index contributed by atoms with van der Waals surface area (Å²) in [6.07, 6.45) is 3.53. The van der Waals surface area contributed by atoms with Gasteiger partial charge >= 0.3 is 0 Å². The second-order valence-electron chi connectivity index (χ2n) is 8.21. The van der Waals surface area contributed by atoms with Crippen molar-refractivity contribution in [1.82, 2.24) is 25.6 Å². The first-order valence-electron chi connectivity index (χ1n) is 10.3. The number of fused-ring (bicyclic) bond motifs is 2. The summed E-state index contributed by atoms with van der Waals surface area (Å²) < 4.78 is 14.2. The fourth-order valence-corrected chi connectivity index (χ4v) is 4.59. The van der Waals surface area contributed by atoms with Gasteiger partial charge in [0.1, 0.15) is 5.82 Å². The van der Waals surface area contributed by atoms with E-state index in [1.54, 1.807) is 31.3 Å². The summed E-state index contributed by atoms with van der Waals surface area (Å²) >= 11 is 0. The van der Waals surface area contributed by atoms with Gasteiger partial charge in [-0.1, -0.05) is 6.07 Å². The van der Waals surface area contributed by atoms with E-state index in [1.807, 2.05) is 0 Å². The van der Waals surface area contributed by atoms with Crippen LogP contribution in [0.15, 0.2) is 30.5 Å². The van der Waals surface area contributed by atoms with Crippen LogP contribution in [0, 0.1) is 12.7 Å². The lowest BCUT2D eigenvalue weighted by Crippen LogP contribution is -2.54. The van der Waals surface area contributed by atoms with E-state index in [0.29, 0.717) is 40.4 Å². The van der Waals surface area contributed by atoms with Crippen molar-refractivity contribution in [3.05, 3.63) is 53.1 Å². The Hall–Kier alpha value is -3.46. The second kappa shape index (κ2) is 7.35. The van der Waals surface area contributed by atoms with E-state index in [4.69, 9.17) is 5.73 Å². The highest BCUT2D eigenvalue weighted by Crippen LogP contribution is 2.43. The molecular weight excluding hydrogens is 397 g/mol. The molecule has 0 bridgehead atoms. The van der Waals surface area contributed by atoms with Crippen LogP contribution in [0.1, 0.15) is 34.5 Å². The normalized spacial score (nSPS) is 20.4. The molecule has 5 rings (SSSR count). The number of H-pyrrole nitrogens is 1. The predicted octanol–water partition coefficient (Wildman–Crippen LogP) is 2.61. The molecule has 1 unspecified atom stereocenters. The molecule has 3 aromatic rings. The predicted molar refractivity (Wildman–Crippen MR) is 117 cm³/mol. The Labute approximate surface area is 178 Å². The van der Waals surface area contributed by atoms with Crippen LogP contribution in [0.3, 0.4) is 0 Å². The van der Waals surface area contributed by atoms with Gasteiger partial charge in [0.05, 0.1) is 22.6 Å². The Morgan fingerprint density at radius 2 is 2.13 bits per heavy atom. The van der Waals surface area contributed by atoms with E-state index in [1.165, 1.54) is 6.07 Å². The number of hydrogen-bond acceptors (Lipinski definition) is 6. The second-order valence-corrected chi connectivity index (χ2v) is 8.21. The average Bonchev–Trinajstić information content (AvgIpc) is 3.16. The van der Waals surface area contributed by atoms with Gasteiger partial charge in [0, 0.05) is 41.6 Å². The van der Waals surface area contributed by atoms with Crippen LogP contribution < -0.4 is 21.7 Å². The molecule has 4 heterocycles. The van der Waals surface area contributed by atoms with Gasteiger partial charge in [-0.15, -0.1) is 0 Å². The van der Waals surface area contributed by atoms with E-state index in [9.17, 15) is 9.18 Å². The largest absolute Gasteiger partial charge is 0.368 e. The van der Waals surface area contributed by atoms with Crippen molar-refractivity contribution in [2.75, 3.05) is 30.7 Å². The lowest BCUT2D eigenvalue weighted by Gasteiger charge is -2.40. The fraction of sp³-hybridized carbons (Fsp3) is 0.318. The van der Waals surface area contributed by atoms with Gasteiger partial charge in [0.2, 0.25) is 5.95 Å². The highest BCUT2D eigenvalue weighted by atomic mass is 19.1. The number of benzene rings is 1. The molecule has 1 fully saturated rings. The molecule has 6 N–H and O–H groups in total. The zero-order chi connectivity index (χ0) is 21.6. The first-order chi connectivity index (χ1) is 15.0. The van der Waals surface area contributed by atoms with Crippen molar-refractivity contribution in [1.29, 1.82) is 0 Å². The molecule has 1 spiro atoms. The van der Waals surface area contributed by atoms with E-state index >= 15 is 0 Å². The molecule has 9 heteroatoms. The third-order valence-electron chi connectivity index (χ3n) is 6.27. The van der Waals surface area contributed by atoms with Crippen molar-refractivity contribution < 1.29 is 9.18 Å². The monoisotopic (exact) mass is 421 g/mol. The molecule has 2 aliphatic rings. The van der Waals surface area contributed by atoms with Crippen molar-refractivity contribution in [3.8, 4) is 11.4 Å². The number of rotatable bonds is 3.